The Hall–Kier alpha value is -1.45. The average Bonchev–Trinajstić information content (AvgIpc) is 2.32. The topological polar surface area (TPSA) is 58.8 Å². The van der Waals surface area contributed by atoms with Gasteiger partial charge < -0.3 is 4.74 Å². The van der Waals surface area contributed by atoms with Gasteiger partial charge in [-0.25, -0.2) is 4.98 Å². The summed E-state index contributed by atoms with van der Waals surface area (Å²) in [6, 6.07) is 9.22. The second kappa shape index (κ2) is 5.46. The van der Waals surface area contributed by atoms with Crippen molar-refractivity contribution in [1.29, 1.82) is 5.26 Å². The predicted octanol–water partition coefficient (Wildman–Crippen LogP) is 3.97. The minimum Gasteiger partial charge on any atom is -0.423 e. The molecule has 0 aliphatic carbocycles. The van der Waals surface area contributed by atoms with Crippen LogP contribution < -0.4 is 4.74 Å². The number of nitriles is 1. The number of aromatic nitrogens is 2. The number of nitrogens with zero attached hydrogens (tertiary/aromatic N) is 3. The lowest BCUT2D eigenvalue weighted by molar-refractivity contribution is 0.437. The minimum atomic E-state index is 0.162. The predicted molar refractivity (Wildman–Crippen MR) is 73.4 cm³/mol. The maximum atomic E-state index is 8.83. The zero-order chi connectivity index (χ0) is 13.1. The van der Waals surface area contributed by atoms with E-state index in [0.29, 0.717) is 11.4 Å². The molecule has 0 N–H and O–H groups in total. The summed E-state index contributed by atoms with van der Waals surface area (Å²) in [5, 5.41) is 8.83. The van der Waals surface area contributed by atoms with E-state index in [0.717, 1.165) is 8.95 Å². The standard InChI is InChI=1S/C12H7Br2N3O/c1-7-4-9(6-15)17-12(16-7)18-11-3-2-8(13)5-10(11)14/h2-5H,1H3. The monoisotopic (exact) mass is 367 g/mol. The Bertz CT molecular complexity index is 638. The van der Waals surface area contributed by atoms with E-state index in [1.807, 2.05) is 18.2 Å². The van der Waals surface area contributed by atoms with Crippen molar-refractivity contribution in [3.63, 3.8) is 0 Å². The second-order valence-corrected chi connectivity index (χ2v) is 5.24. The van der Waals surface area contributed by atoms with E-state index < -0.39 is 0 Å². The van der Waals surface area contributed by atoms with Crippen molar-refractivity contribution < 1.29 is 4.74 Å². The Kier molecular flexibility index (Phi) is 3.94. The van der Waals surface area contributed by atoms with Crippen LogP contribution in [0.3, 0.4) is 0 Å². The molecule has 1 aromatic heterocycles. The third-order valence-electron chi connectivity index (χ3n) is 2.04. The Labute approximate surface area is 121 Å². The number of hydrogen-bond acceptors (Lipinski definition) is 4. The first-order valence-electron chi connectivity index (χ1n) is 4.97. The minimum absolute atomic E-state index is 0.162. The van der Waals surface area contributed by atoms with Crippen LogP contribution in [-0.4, -0.2) is 9.97 Å². The molecule has 90 valence electrons. The highest BCUT2D eigenvalue weighted by Crippen LogP contribution is 2.30. The number of hydrogen-bond donors (Lipinski definition) is 0. The highest BCUT2D eigenvalue weighted by atomic mass is 79.9. The van der Waals surface area contributed by atoms with E-state index in [1.165, 1.54) is 0 Å². The van der Waals surface area contributed by atoms with E-state index in [2.05, 4.69) is 41.8 Å². The summed E-state index contributed by atoms with van der Waals surface area (Å²) in [6.07, 6.45) is 0. The summed E-state index contributed by atoms with van der Waals surface area (Å²) in [6.45, 7) is 1.78. The normalized spacial score (nSPS) is 9.89. The summed E-state index contributed by atoms with van der Waals surface area (Å²) in [4.78, 5) is 8.11. The zero-order valence-corrected chi connectivity index (χ0v) is 12.5. The number of aryl methyl sites for hydroxylation is 1. The molecular weight excluding hydrogens is 362 g/mol. The van der Waals surface area contributed by atoms with Crippen LogP contribution in [0.5, 0.6) is 11.8 Å². The van der Waals surface area contributed by atoms with Gasteiger partial charge in [0.05, 0.1) is 4.47 Å². The van der Waals surface area contributed by atoms with Crippen LogP contribution in [0.4, 0.5) is 0 Å². The molecule has 2 rings (SSSR count). The Morgan fingerprint density at radius 3 is 2.67 bits per heavy atom. The maximum Gasteiger partial charge on any atom is 0.323 e. The zero-order valence-electron chi connectivity index (χ0n) is 9.32. The second-order valence-electron chi connectivity index (χ2n) is 3.47. The van der Waals surface area contributed by atoms with Crippen molar-refractivity contribution in [3.05, 3.63) is 44.6 Å². The van der Waals surface area contributed by atoms with Crippen LogP contribution in [-0.2, 0) is 0 Å². The first-order chi connectivity index (χ1) is 8.58. The van der Waals surface area contributed by atoms with Gasteiger partial charge >= 0.3 is 6.01 Å². The van der Waals surface area contributed by atoms with Crippen LogP contribution in [0.1, 0.15) is 11.4 Å². The molecule has 0 saturated heterocycles. The molecule has 0 bridgehead atoms. The van der Waals surface area contributed by atoms with Gasteiger partial charge in [0.15, 0.2) is 0 Å². The van der Waals surface area contributed by atoms with Gasteiger partial charge in [0, 0.05) is 10.2 Å². The van der Waals surface area contributed by atoms with Gasteiger partial charge in [-0.3, -0.25) is 0 Å². The molecule has 0 amide bonds. The van der Waals surface area contributed by atoms with Gasteiger partial charge in [0.2, 0.25) is 0 Å². The Morgan fingerprint density at radius 1 is 1.22 bits per heavy atom. The third-order valence-corrected chi connectivity index (χ3v) is 3.16. The highest BCUT2D eigenvalue weighted by Gasteiger charge is 2.07. The molecule has 0 saturated carbocycles. The molecule has 0 unspecified atom stereocenters. The molecule has 1 heterocycles. The van der Waals surface area contributed by atoms with Crippen LogP contribution in [0.15, 0.2) is 33.2 Å². The molecule has 1 aromatic carbocycles. The van der Waals surface area contributed by atoms with Crippen molar-refractivity contribution in [1.82, 2.24) is 9.97 Å². The van der Waals surface area contributed by atoms with Crippen molar-refractivity contribution in [2.75, 3.05) is 0 Å². The van der Waals surface area contributed by atoms with Crippen LogP contribution >= 0.6 is 31.9 Å². The fourth-order valence-electron chi connectivity index (χ4n) is 1.30. The summed E-state index contributed by atoms with van der Waals surface area (Å²) in [5.74, 6) is 0.590. The average molecular weight is 369 g/mol. The van der Waals surface area contributed by atoms with Gasteiger partial charge in [-0.2, -0.15) is 10.2 Å². The highest BCUT2D eigenvalue weighted by molar-refractivity contribution is 9.11. The molecule has 2 aromatic rings. The van der Waals surface area contributed by atoms with E-state index in [1.54, 1.807) is 19.1 Å². The van der Waals surface area contributed by atoms with E-state index in [-0.39, 0.29) is 11.7 Å². The lowest BCUT2D eigenvalue weighted by atomic mass is 10.3. The van der Waals surface area contributed by atoms with E-state index in [4.69, 9.17) is 10.00 Å². The van der Waals surface area contributed by atoms with Crippen molar-refractivity contribution >= 4 is 31.9 Å². The molecule has 0 fully saturated rings. The molecule has 0 aliphatic rings. The Balaban J connectivity index is 2.34. The first kappa shape index (κ1) is 13.0. The summed E-state index contributed by atoms with van der Waals surface area (Å²) >= 11 is 6.74. The molecule has 0 aliphatic heterocycles. The van der Waals surface area contributed by atoms with Crippen LogP contribution in [0.2, 0.25) is 0 Å². The lowest BCUT2D eigenvalue weighted by Gasteiger charge is -2.06. The number of benzene rings is 1. The van der Waals surface area contributed by atoms with Gasteiger partial charge in [0.1, 0.15) is 17.5 Å². The summed E-state index contributed by atoms with van der Waals surface area (Å²) < 4.78 is 7.26. The van der Waals surface area contributed by atoms with Crippen molar-refractivity contribution in [3.8, 4) is 17.8 Å². The fraction of sp³-hybridized carbons (Fsp3) is 0.0833. The Morgan fingerprint density at radius 2 is 2.00 bits per heavy atom. The molecule has 18 heavy (non-hydrogen) atoms. The van der Waals surface area contributed by atoms with E-state index in [9.17, 15) is 0 Å². The smallest absolute Gasteiger partial charge is 0.323 e. The number of ether oxygens (including phenoxy) is 1. The fourth-order valence-corrected chi connectivity index (χ4v) is 2.43. The molecule has 0 spiro atoms. The van der Waals surface area contributed by atoms with Crippen molar-refractivity contribution in [2.24, 2.45) is 0 Å². The van der Waals surface area contributed by atoms with Gasteiger partial charge in [-0.05, 0) is 47.1 Å². The SMILES string of the molecule is Cc1cc(C#N)nc(Oc2ccc(Br)cc2Br)n1. The third kappa shape index (κ3) is 3.06. The molecule has 0 atom stereocenters. The number of halogens is 2. The van der Waals surface area contributed by atoms with Gasteiger partial charge in [0.25, 0.3) is 0 Å². The molecule has 0 radical (unpaired) electrons. The van der Waals surface area contributed by atoms with Crippen LogP contribution in [0.25, 0.3) is 0 Å². The van der Waals surface area contributed by atoms with E-state index >= 15 is 0 Å². The lowest BCUT2D eigenvalue weighted by Crippen LogP contribution is -1.96. The molecular formula is C12H7Br2N3O. The summed E-state index contributed by atoms with van der Waals surface area (Å²) in [7, 11) is 0. The molecule has 4 nitrogen and oxygen atoms in total. The van der Waals surface area contributed by atoms with Crippen molar-refractivity contribution in [2.45, 2.75) is 6.92 Å². The summed E-state index contributed by atoms with van der Waals surface area (Å²) in [5.41, 5.74) is 0.968. The van der Waals surface area contributed by atoms with Crippen LogP contribution in [0, 0.1) is 18.3 Å². The quantitative estimate of drug-likeness (QED) is 0.804. The van der Waals surface area contributed by atoms with Gasteiger partial charge in [-0.15, -0.1) is 0 Å². The number of rotatable bonds is 2. The maximum absolute atomic E-state index is 8.83. The largest absolute Gasteiger partial charge is 0.423 e. The first-order valence-corrected chi connectivity index (χ1v) is 6.56. The van der Waals surface area contributed by atoms with Gasteiger partial charge in [-0.1, -0.05) is 15.9 Å². The molecule has 6 heteroatoms.